The number of benzene rings is 1. The van der Waals surface area contributed by atoms with E-state index >= 15 is 0 Å². The van der Waals surface area contributed by atoms with E-state index in [0.29, 0.717) is 18.7 Å². The molecule has 2 N–H and O–H groups in total. The van der Waals surface area contributed by atoms with Gasteiger partial charge in [0.2, 0.25) is 0 Å². The number of methoxy groups -OCH3 is 1. The number of rotatable bonds is 5. The maximum absolute atomic E-state index is 11.8. The summed E-state index contributed by atoms with van der Waals surface area (Å²) in [5.74, 6) is -0.372. The molecule has 116 valence electrons. The molecule has 1 aromatic heterocycles. The van der Waals surface area contributed by atoms with Gasteiger partial charge in [-0.2, -0.15) is 0 Å². The number of nitrogens with one attached hydrogen (secondary N) is 2. The Morgan fingerprint density at radius 3 is 2.36 bits per heavy atom. The minimum Gasteiger partial charge on any atom is -0.465 e. The van der Waals surface area contributed by atoms with Gasteiger partial charge in [0.1, 0.15) is 0 Å². The van der Waals surface area contributed by atoms with Gasteiger partial charge in [0.15, 0.2) is 0 Å². The first-order valence-corrected chi connectivity index (χ1v) is 7.70. The summed E-state index contributed by atoms with van der Waals surface area (Å²) in [4.78, 5) is 24.2. The van der Waals surface area contributed by atoms with Crippen LogP contribution in [0.15, 0.2) is 35.7 Å². The molecule has 0 aliphatic heterocycles. The Balaban J connectivity index is 1.78. The van der Waals surface area contributed by atoms with E-state index in [0.717, 1.165) is 10.4 Å². The molecule has 0 fully saturated rings. The van der Waals surface area contributed by atoms with Crippen LogP contribution in [0.3, 0.4) is 0 Å². The molecule has 1 heterocycles. The van der Waals surface area contributed by atoms with Crippen LogP contribution >= 0.6 is 11.3 Å². The van der Waals surface area contributed by atoms with Crippen molar-refractivity contribution in [2.75, 3.05) is 7.11 Å². The van der Waals surface area contributed by atoms with Crippen LogP contribution in [0.2, 0.25) is 0 Å². The zero-order valence-corrected chi connectivity index (χ0v) is 13.3. The molecule has 2 amide bonds. The lowest BCUT2D eigenvalue weighted by atomic mass is 10.1. The standard InChI is InChI=1S/C16H18N2O3S/c1-11-7-8-22-14(11)10-18-16(20)17-9-12-3-5-13(6-4-12)15(19)21-2/h3-8H,9-10H2,1-2H3,(H2,17,18,20). The summed E-state index contributed by atoms with van der Waals surface area (Å²) in [6, 6.07) is 8.74. The maximum atomic E-state index is 11.8. The topological polar surface area (TPSA) is 67.4 Å². The number of esters is 1. The fraction of sp³-hybridized carbons (Fsp3) is 0.250. The second kappa shape index (κ2) is 7.61. The molecule has 0 saturated heterocycles. The SMILES string of the molecule is COC(=O)c1ccc(CNC(=O)NCc2sccc2C)cc1. The molecule has 2 aromatic rings. The third-order valence-electron chi connectivity index (χ3n) is 3.21. The van der Waals surface area contributed by atoms with E-state index in [1.54, 1.807) is 35.6 Å². The molecule has 0 aliphatic rings. The van der Waals surface area contributed by atoms with Gasteiger partial charge >= 0.3 is 12.0 Å². The molecule has 5 nitrogen and oxygen atoms in total. The molecule has 1 aromatic carbocycles. The number of hydrogen-bond donors (Lipinski definition) is 2. The van der Waals surface area contributed by atoms with Crippen LogP contribution in [0, 0.1) is 6.92 Å². The highest BCUT2D eigenvalue weighted by molar-refractivity contribution is 7.10. The number of aryl methyl sites for hydroxylation is 1. The molecule has 0 atom stereocenters. The molecular weight excluding hydrogens is 300 g/mol. The number of ether oxygens (including phenoxy) is 1. The van der Waals surface area contributed by atoms with Gasteiger partial charge in [-0.1, -0.05) is 12.1 Å². The van der Waals surface area contributed by atoms with Crippen molar-refractivity contribution in [1.29, 1.82) is 0 Å². The number of carbonyl (C=O) groups is 2. The normalized spacial score (nSPS) is 10.1. The third kappa shape index (κ3) is 4.33. The first kappa shape index (κ1) is 16.0. The van der Waals surface area contributed by atoms with Crippen molar-refractivity contribution in [2.24, 2.45) is 0 Å². The van der Waals surface area contributed by atoms with Crippen LogP contribution < -0.4 is 10.6 Å². The van der Waals surface area contributed by atoms with Gasteiger partial charge in [-0.25, -0.2) is 9.59 Å². The van der Waals surface area contributed by atoms with Crippen LogP contribution in [-0.4, -0.2) is 19.1 Å². The Labute approximate surface area is 133 Å². The quantitative estimate of drug-likeness (QED) is 0.833. The Bertz CT molecular complexity index is 650. The molecule has 2 rings (SSSR count). The third-order valence-corrected chi connectivity index (χ3v) is 4.23. The van der Waals surface area contributed by atoms with E-state index in [-0.39, 0.29) is 12.0 Å². The van der Waals surface area contributed by atoms with Crippen molar-refractivity contribution in [3.8, 4) is 0 Å². The Kier molecular flexibility index (Phi) is 5.55. The number of carbonyl (C=O) groups excluding carboxylic acids is 2. The van der Waals surface area contributed by atoms with Gasteiger partial charge in [0.25, 0.3) is 0 Å². The van der Waals surface area contributed by atoms with Gasteiger partial charge in [-0.05, 0) is 41.6 Å². The summed E-state index contributed by atoms with van der Waals surface area (Å²) in [6.07, 6.45) is 0. The molecule has 6 heteroatoms. The molecule has 0 saturated carbocycles. The van der Waals surface area contributed by atoms with Crippen molar-refractivity contribution < 1.29 is 14.3 Å². The van der Waals surface area contributed by atoms with Crippen LogP contribution in [0.4, 0.5) is 4.79 Å². The summed E-state index contributed by atoms with van der Waals surface area (Å²) in [6.45, 7) is 2.95. The zero-order valence-electron chi connectivity index (χ0n) is 12.5. The van der Waals surface area contributed by atoms with Gasteiger partial charge in [0, 0.05) is 11.4 Å². The molecule has 0 unspecified atom stereocenters. The lowest BCUT2D eigenvalue weighted by Crippen LogP contribution is -2.34. The van der Waals surface area contributed by atoms with Crippen molar-refractivity contribution in [1.82, 2.24) is 10.6 Å². The summed E-state index contributed by atoms with van der Waals surface area (Å²) in [5.41, 5.74) is 2.59. The molecular formula is C16H18N2O3S. The van der Waals surface area contributed by atoms with Crippen LogP contribution in [0.1, 0.15) is 26.4 Å². The Hall–Kier alpha value is -2.34. The van der Waals surface area contributed by atoms with Crippen LogP contribution in [0.25, 0.3) is 0 Å². The predicted octanol–water partition coefficient (Wildman–Crippen LogP) is 2.84. The van der Waals surface area contributed by atoms with E-state index in [4.69, 9.17) is 0 Å². The van der Waals surface area contributed by atoms with Crippen molar-refractivity contribution in [3.05, 3.63) is 57.3 Å². The summed E-state index contributed by atoms with van der Waals surface area (Å²) in [5, 5.41) is 7.61. The molecule has 0 bridgehead atoms. The van der Waals surface area contributed by atoms with Crippen molar-refractivity contribution >= 4 is 23.3 Å². The fourth-order valence-corrected chi connectivity index (χ4v) is 2.71. The van der Waals surface area contributed by atoms with Gasteiger partial charge in [-0.15, -0.1) is 11.3 Å². The van der Waals surface area contributed by atoms with Crippen molar-refractivity contribution in [3.63, 3.8) is 0 Å². The summed E-state index contributed by atoms with van der Waals surface area (Å²) in [7, 11) is 1.34. The average molecular weight is 318 g/mol. The Morgan fingerprint density at radius 1 is 1.09 bits per heavy atom. The minimum atomic E-state index is -0.372. The first-order valence-electron chi connectivity index (χ1n) is 6.82. The summed E-state index contributed by atoms with van der Waals surface area (Å²) < 4.78 is 4.63. The number of hydrogen-bond acceptors (Lipinski definition) is 4. The average Bonchev–Trinajstić information content (AvgIpc) is 2.95. The molecule has 0 radical (unpaired) electrons. The molecule has 22 heavy (non-hydrogen) atoms. The number of amides is 2. The zero-order chi connectivity index (χ0) is 15.9. The predicted molar refractivity (Wildman–Crippen MR) is 85.9 cm³/mol. The van der Waals surface area contributed by atoms with Crippen LogP contribution in [-0.2, 0) is 17.8 Å². The molecule has 0 aliphatic carbocycles. The molecule has 0 spiro atoms. The second-order valence-electron chi connectivity index (χ2n) is 4.75. The highest BCUT2D eigenvalue weighted by Gasteiger charge is 2.06. The number of urea groups is 1. The second-order valence-corrected chi connectivity index (χ2v) is 5.75. The van der Waals surface area contributed by atoms with E-state index in [2.05, 4.69) is 15.4 Å². The number of thiophene rings is 1. The Morgan fingerprint density at radius 2 is 1.77 bits per heavy atom. The van der Waals surface area contributed by atoms with E-state index < -0.39 is 0 Å². The van der Waals surface area contributed by atoms with Crippen molar-refractivity contribution in [2.45, 2.75) is 20.0 Å². The maximum Gasteiger partial charge on any atom is 0.337 e. The van der Waals surface area contributed by atoms with E-state index in [1.165, 1.54) is 12.7 Å². The summed E-state index contributed by atoms with van der Waals surface area (Å²) >= 11 is 1.63. The lowest BCUT2D eigenvalue weighted by Gasteiger charge is -2.08. The van der Waals surface area contributed by atoms with Crippen LogP contribution in [0.5, 0.6) is 0 Å². The van der Waals surface area contributed by atoms with Gasteiger partial charge < -0.3 is 15.4 Å². The highest BCUT2D eigenvalue weighted by atomic mass is 32.1. The highest BCUT2D eigenvalue weighted by Crippen LogP contribution is 2.14. The lowest BCUT2D eigenvalue weighted by molar-refractivity contribution is 0.0600. The largest absolute Gasteiger partial charge is 0.465 e. The van der Waals surface area contributed by atoms with Gasteiger partial charge in [-0.3, -0.25) is 0 Å². The minimum absolute atomic E-state index is 0.218. The van der Waals surface area contributed by atoms with Gasteiger partial charge in [0.05, 0.1) is 19.2 Å². The monoisotopic (exact) mass is 318 g/mol. The first-order chi connectivity index (χ1) is 10.6. The van der Waals surface area contributed by atoms with E-state index in [9.17, 15) is 9.59 Å². The van der Waals surface area contributed by atoms with E-state index in [1.807, 2.05) is 18.4 Å². The smallest absolute Gasteiger partial charge is 0.337 e. The fourth-order valence-electron chi connectivity index (χ4n) is 1.87.